The number of likely N-dealkylation sites (tertiary alicyclic amines) is 1. The van der Waals surface area contributed by atoms with Crippen LogP contribution in [0.4, 0.5) is 5.69 Å². The second kappa shape index (κ2) is 7.68. The van der Waals surface area contributed by atoms with E-state index in [1.165, 1.54) is 4.90 Å². The van der Waals surface area contributed by atoms with Gasteiger partial charge in [-0.3, -0.25) is 9.59 Å². The van der Waals surface area contributed by atoms with E-state index in [9.17, 15) is 9.59 Å². The average Bonchev–Trinajstić information content (AvgIpc) is 2.97. The summed E-state index contributed by atoms with van der Waals surface area (Å²) in [5.74, 6) is -0.528. The molecule has 2 aromatic carbocycles. The minimum Gasteiger partial charge on any atom is -0.366 e. The Kier molecular flexibility index (Phi) is 5.22. The van der Waals surface area contributed by atoms with Crippen LogP contribution in [0.5, 0.6) is 0 Å². The minimum absolute atomic E-state index is 0.254. The molecular formula is C24H25ClN2O2. The number of carbonyl (C=O) groups is 2. The molecule has 2 aliphatic rings. The smallest absolute Gasteiger partial charge is 0.282 e. The number of hydrogen-bond donors (Lipinski definition) is 0. The van der Waals surface area contributed by atoms with Gasteiger partial charge in [-0.1, -0.05) is 35.9 Å². The molecule has 0 spiro atoms. The molecule has 0 bridgehead atoms. The molecule has 150 valence electrons. The van der Waals surface area contributed by atoms with Gasteiger partial charge < -0.3 is 4.90 Å². The standard InChI is InChI=1S/C24H25ClN2O2/c1-15-10-11-18(14-16(15)2)21-22(26-12-5-4-6-13-26)24(29)27(23(21)28)20-9-7-8-19(25)17(20)3/h7-11,14H,4-6,12-13H2,1-3H3. The monoisotopic (exact) mass is 408 g/mol. The van der Waals surface area contributed by atoms with Crippen LogP contribution >= 0.6 is 11.6 Å². The third-order valence-electron chi connectivity index (χ3n) is 6.01. The van der Waals surface area contributed by atoms with Gasteiger partial charge in [0.15, 0.2) is 0 Å². The first-order valence-electron chi connectivity index (χ1n) is 10.1. The van der Waals surface area contributed by atoms with Crippen LogP contribution in [0.1, 0.15) is 41.5 Å². The fraction of sp³-hybridized carbons (Fsp3) is 0.333. The van der Waals surface area contributed by atoms with Gasteiger partial charge in [0.25, 0.3) is 11.8 Å². The highest BCUT2D eigenvalue weighted by atomic mass is 35.5. The zero-order valence-electron chi connectivity index (χ0n) is 17.1. The largest absolute Gasteiger partial charge is 0.366 e. The number of imide groups is 1. The highest BCUT2D eigenvalue weighted by Crippen LogP contribution is 2.38. The first-order valence-corrected chi connectivity index (χ1v) is 10.5. The van der Waals surface area contributed by atoms with Gasteiger partial charge in [-0.15, -0.1) is 0 Å². The fourth-order valence-electron chi connectivity index (χ4n) is 4.14. The first-order chi connectivity index (χ1) is 13.9. The quantitative estimate of drug-likeness (QED) is 0.668. The summed E-state index contributed by atoms with van der Waals surface area (Å²) in [5.41, 5.74) is 5.38. The molecule has 2 amide bonds. The maximum Gasteiger partial charge on any atom is 0.282 e. The number of benzene rings is 2. The van der Waals surface area contributed by atoms with Crippen molar-refractivity contribution in [3.63, 3.8) is 0 Å². The number of rotatable bonds is 3. The molecule has 4 rings (SSSR count). The van der Waals surface area contributed by atoms with Gasteiger partial charge in [-0.2, -0.15) is 0 Å². The molecule has 0 aliphatic carbocycles. The van der Waals surface area contributed by atoms with E-state index in [2.05, 4.69) is 4.90 Å². The average molecular weight is 409 g/mol. The van der Waals surface area contributed by atoms with Gasteiger partial charge in [0.1, 0.15) is 5.70 Å². The molecule has 5 heteroatoms. The molecule has 0 N–H and O–H groups in total. The van der Waals surface area contributed by atoms with Gasteiger partial charge in [-0.05, 0) is 74.4 Å². The van der Waals surface area contributed by atoms with Crippen molar-refractivity contribution in [2.45, 2.75) is 40.0 Å². The van der Waals surface area contributed by atoms with Crippen LogP contribution in [0, 0.1) is 20.8 Å². The molecule has 2 heterocycles. The SMILES string of the molecule is Cc1ccc(C2=C(N3CCCCC3)C(=O)N(c3cccc(Cl)c3C)C2=O)cc1C. The fourth-order valence-corrected chi connectivity index (χ4v) is 4.31. The third-order valence-corrected chi connectivity index (χ3v) is 6.42. The third kappa shape index (κ3) is 3.36. The lowest BCUT2D eigenvalue weighted by Crippen LogP contribution is -2.37. The molecular weight excluding hydrogens is 384 g/mol. The molecule has 1 fully saturated rings. The van der Waals surface area contributed by atoms with E-state index in [1.54, 1.807) is 18.2 Å². The van der Waals surface area contributed by atoms with Gasteiger partial charge in [0.2, 0.25) is 0 Å². The summed E-state index contributed by atoms with van der Waals surface area (Å²) in [6.45, 7) is 7.51. The maximum absolute atomic E-state index is 13.6. The van der Waals surface area contributed by atoms with E-state index in [4.69, 9.17) is 11.6 Å². The summed E-state index contributed by atoms with van der Waals surface area (Å²) in [7, 11) is 0. The maximum atomic E-state index is 13.6. The van der Waals surface area contributed by atoms with Crippen LogP contribution in [0.15, 0.2) is 42.1 Å². The molecule has 1 saturated heterocycles. The van der Waals surface area contributed by atoms with Gasteiger partial charge in [0.05, 0.1) is 11.3 Å². The summed E-state index contributed by atoms with van der Waals surface area (Å²) in [5, 5.41) is 0.544. The van der Waals surface area contributed by atoms with Crippen LogP contribution in [0.25, 0.3) is 5.57 Å². The molecule has 29 heavy (non-hydrogen) atoms. The molecule has 0 radical (unpaired) electrons. The molecule has 0 unspecified atom stereocenters. The van der Waals surface area contributed by atoms with Crippen LogP contribution in [-0.2, 0) is 9.59 Å². The number of aryl methyl sites for hydroxylation is 2. The van der Waals surface area contributed by atoms with E-state index in [0.29, 0.717) is 22.0 Å². The van der Waals surface area contributed by atoms with Crippen LogP contribution in [0.2, 0.25) is 5.02 Å². The number of carbonyl (C=O) groups excluding carboxylic acids is 2. The Balaban J connectivity index is 1.88. The topological polar surface area (TPSA) is 40.6 Å². The van der Waals surface area contributed by atoms with Crippen molar-refractivity contribution < 1.29 is 9.59 Å². The number of anilines is 1. The Morgan fingerprint density at radius 3 is 2.28 bits per heavy atom. The number of piperidine rings is 1. The van der Waals surface area contributed by atoms with Gasteiger partial charge >= 0.3 is 0 Å². The van der Waals surface area contributed by atoms with Crippen molar-refractivity contribution in [2.24, 2.45) is 0 Å². The lowest BCUT2D eigenvalue weighted by atomic mass is 9.98. The highest BCUT2D eigenvalue weighted by molar-refractivity contribution is 6.46. The Morgan fingerprint density at radius 2 is 1.59 bits per heavy atom. The van der Waals surface area contributed by atoms with Crippen LogP contribution in [0.3, 0.4) is 0 Å². The Morgan fingerprint density at radius 1 is 0.862 bits per heavy atom. The summed E-state index contributed by atoms with van der Waals surface area (Å²) in [6.07, 6.45) is 3.21. The van der Waals surface area contributed by atoms with Crippen molar-refractivity contribution in [1.29, 1.82) is 0 Å². The van der Waals surface area contributed by atoms with Crippen molar-refractivity contribution >= 4 is 34.7 Å². The second-order valence-electron chi connectivity index (χ2n) is 7.90. The first kappa shape index (κ1) is 19.7. The van der Waals surface area contributed by atoms with Crippen molar-refractivity contribution in [2.75, 3.05) is 18.0 Å². The van der Waals surface area contributed by atoms with E-state index >= 15 is 0 Å². The zero-order chi connectivity index (χ0) is 20.7. The van der Waals surface area contributed by atoms with Crippen LogP contribution in [-0.4, -0.2) is 29.8 Å². The molecule has 2 aromatic rings. The minimum atomic E-state index is -0.274. The summed E-state index contributed by atoms with van der Waals surface area (Å²) in [4.78, 5) is 30.6. The lowest BCUT2D eigenvalue weighted by molar-refractivity contribution is -0.120. The predicted molar refractivity (Wildman–Crippen MR) is 117 cm³/mol. The molecule has 0 atom stereocenters. The van der Waals surface area contributed by atoms with E-state index in [-0.39, 0.29) is 11.8 Å². The lowest BCUT2D eigenvalue weighted by Gasteiger charge is -2.29. The molecule has 2 aliphatic heterocycles. The summed E-state index contributed by atoms with van der Waals surface area (Å²) < 4.78 is 0. The number of nitrogens with zero attached hydrogens (tertiary/aromatic N) is 2. The van der Waals surface area contributed by atoms with Gasteiger partial charge in [0, 0.05) is 18.1 Å². The van der Waals surface area contributed by atoms with Crippen molar-refractivity contribution in [3.8, 4) is 0 Å². The number of halogens is 1. The molecule has 0 aromatic heterocycles. The Bertz CT molecular complexity index is 1040. The van der Waals surface area contributed by atoms with Gasteiger partial charge in [-0.25, -0.2) is 4.90 Å². The van der Waals surface area contributed by atoms with Crippen molar-refractivity contribution in [1.82, 2.24) is 4.90 Å². The van der Waals surface area contributed by atoms with E-state index < -0.39 is 0 Å². The van der Waals surface area contributed by atoms with Crippen LogP contribution < -0.4 is 4.90 Å². The normalized spacial score (nSPS) is 17.5. The molecule has 4 nitrogen and oxygen atoms in total. The number of amides is 2. The highest BCUT2D eigenvalue weighted by Gasteiger charge is 2.43. The second-order valence-corrected chi connectivity index (χ2v) is 8.31. The number of hydrogen-bond acceptors (Lipinski definition) is 3. The summed E-state index contributed by atoms with van der Waals surface area (Å²) >= 11 is 6.29. The molecule has 0 saturated carbocycles. The summed E-state index contributed by atoms with van der Waals surface area (Å²) in [6, 6.07) is 11.3. The Hall–Kier alpha value is -2.59. The van der Waals surface area contributed by atoms with E-state index in [1.807, 2.05) is 39.0 Å². The predicted octanol–water partition coefficient (Wildman–Crippen LogP) is 5.04. The van der Waals surface area contributed by atoms with E-state index in [0.717, 1.165) is 54.6 Å². The zero-order valence-corrected chi connectivity index (χ0v) is 17.8. The Labute approximate surface area is 176 Å². The van der Waals surface area contributed by atoms with Crippen molar-refractivity contribution in [3.05, 3.63) is 69.4 Å².